The first-order valence-electron chi connectivity index (χ1n) is 9.94. The molecule has 0 unspecified atom stereocenters. The molecule has 1 aliphatic heterocycles. The lowest BCUT2D eigenvalue weighted by Crippen LogP contribution is -2.37. The van der Waals surface area contributed by atoms with Gasteiger partial charge in [0.25, 0.3) is 0 Å². The van der Waals surface area contributed by atoms with Gasteiger partial charge in [0.1, 0.15) is 18.3 Å². The molecule has 7 nitrogen and oxygen atoms in total. The Labute approximate surface area is 179 Å². The summed E-state index contributed by atoms with van der Waals surface area (Å²) in [5.74, 6) is 1.14. The molecular weight excluding hydrogens is 404 g/mol. The second-order valence-corrected chi connectivity index (χ2v) is 8.06. The molecule has 3 heterocycles. The van der Waals surface area contributed by atoms with Crippen molar-refractivity contribution < 1.29 is 9.21 Å². The van der Waals surface area contributed by atoms with Gasteiger partial charge in [0.05, 0.1) is 6.20 Å². The second-order valence-electron chi connectivity index (χ2n) is 7.62. The van der Waals surface area contributed by atoms with Crippen molar-refractivity contribution in [2.75, 3.05) is 6.54 Å². The van der Waals surface area contributed by atoms with E-state index in [1.807, 2.05) is 31.2 Å². The first-order chi connectivity index (χ1) is 14.4. The number of oxazole rings is 1. The zero-order chi connectivity index (χ0) is 21.3. The molecule has 1 amide bonds. The Balaban J connectivity index is 1.48. The zero-order valence-electron chi connectivity index (χ0n) is 17.0. The van der Waals surface area contributed by atoms with E-state index in [9.17, 15) is 9.59 Å². The van der Waals surface area contributed by atoms with E-state index in [2.05, 4.69) is 9.97 Å². The highest BCUT2D eigenvalue weighted by Gasteiger charge is 2.33. The molecule has 30 heavy (non-hydrogen) atoms. The normalized spacial score (nSPS) is 16.2. The minimum absolute atomic E-state index is 0.0349. The van der Waals surface area contributed by atoms with Crippen LogP contribution in [0.3, 0.4) is 0 Å². The van der Waals surface area contributed by atoms with Crippen molar-refractivity contribution in [1.82, 2.24) is 19.4 Å². The van der Waals surface area contributed by atoms with Gasteiger partial charge < -0.3 is 9.32 Å². The van der Waals surface area contributed by atoms with Crippen LogP contribution in [0.25, 0.3) is 0 Å². The number of hydrogen-bond donors (Lipinski definition) is 0. The van der Waals surface area contributed by atoms with E-state index in [-0.39, 0.29) is 18.5 Å². The summed E-state index contributed by atoms with van der Waals surface area (Å²) in [5, 5.41) is 0.690. The van der Waals surface area contributed by atoms with Crippen LogP contribution >= 0.6 is 11.6 Å². The van der Waals surface area contributed by atoms with Crippen LogP contribution in [0.15, 0.2) is 45.7 Å². The summed E-state index contributed by atoms with van der Waals surface area (Å²) in [5.41, 5.74) is 2.03. The number of hydrogen-bond acceptors (Lipinski definition) is 5. The molecule has 0 bridgehead atoms. The zero-order valence-corrected chi connectivity index (χ0v) is 17.7. The molecule has 0 N–H and O–H groups in total. The molecule has 8 heteroatoms. The molecule has 0 radical (unpaired) electrons. The molecule has 1 aliphatic rings. The van der Waals surface area contributed by atoms with E-state index in [4.69, 9.17) is 16.0 Å². The number of likely N-dealkylation sites (tertiary alicyclic amines) is 1. The van der Waals surface area contributed by atoms with Crippen LogP contribution in [0.2, 0.25) is 5.02 Å². The maximum atomic E-state index is 13.0. The fraction of sp³-hybridized carbons (Fsp3) is 0.364. The van der Waals surface area contributed by atoms with Gasteiger partial charge in [0.2, 0.25) is 11.8 Å². The smallest absolute Gasteiger partial charge is 0.348 e. The molecule has 2 aromatic heterocycles. The van der Waals surface area contributed by atoms with Crippen molar-refractivity contribution >= 4 is 17.5 Å². The Morgan fingerprint density at radius 3 is 2.77 bits per heavy atom. The third-order valence-electron chi connectivity index (χ3n) is 5.36. The van der Waals surface area contributed by atoms with E-state index < -0.39 is 5.69 Å². The number of rotatable bonds is 5. The van der Waals surface area contributed by atoms with Crippen molar-refractivity contribution in [1.29, 1.82) is 0 Å². The summed E-state index contributed by atoms with van der Waals surface area (Å²) in [4.78, 5) is 35.3. The van der Waals surface area contributed by atoms with Gasteiger partial charge in [-0.15, -0.1) is 0 Å². The molecule has 1 fully saturated rings. The lowest BCUT2D eigenvalue weighted by molar-refractivity contribution is -0.133. The summed E-state index contributed by atoms with van der Waals surface area (Å²) in [6.07, 6.45) is 3.97. The molecule has 3 aromatic rings. The summed E-state index contributed by atoms with van der Waals surface area (Å²) in [6, 6.07) is 9.17. The number of benzene rings is 1. The minimum Gasteiger partial charge on any atom is -0.443 e. The van der Waals surface area contributed by atoms with E-state index in [0.717, 1.165) is 29.9 Å². The number of nitrogens with zero attached hydrogens (tertiary/aromatic N) is 4. The largest absolute Gasteiger partial charge is 0.443 e. The Morgan fingerprint density at radius 1 is 1.27 bits per heavy atom. The summed E-state index contributed by atoms with van der Waals surface area (Å²) >= 11 is 5.94. The van der Waals surface area contributed by atoms with Crippen LogP contribution in [0.5, 0.6) is 0 Å². The molecule has 0 spiro atoms. The van der Waals surface area contributed by atoms with Gasteiger partial charge in [-0.25, -0.2) is 9.78 Å². The van der Waals surface area contributed by atoms with Crippen LogP contribution in [0, 0.1) is 13.8 Å². The van der Waals surface area contributed by atoms with Crippen molar-refractivity contribution in [3.63, 3.8) is 0 Å². The number of carbonyl (C=O) groups is 1. The number of halogens is 1. The van der Waals surface area contributed by atoms with Crippen LogP contribution < -0.4 is 5.69 Å². The van der Waals surface area contributed by atoms with Gasteiger partial charge in [-0.1, -0.05) is 23.7 Å². The topological polar surface area (TPSA) is 81.2 Å². The van der Waals surface area contributed by atoms with Crippen molar-refractivity contribution in [3.05, 3.63) is 80.6 Å². The third-order valence-corrected chi connectivity index (χ3v) is 5.61. The van der Waals surface area contributed by atoms with Crippen LogP contribution in [-0.4, -0.2) is 31.9 Å². The first kappa shape index (κ1) is 20.3. The highest BCUT2D eigenvalue weighted by atomic mass is 35.5. The van der Waals surface area contributed by atoms with Gasteiger partial charge in [-0.05, 0) is 50.5 Å². The molecule has 1 saturated heterocycles. The molecule has 156 valence electrons. The van der Waals surface area contributed by atoms with E-state index >= 15 is 0 Å². The Hall–Kier alpha value is -2.93. The number of carbonyl (C=O) groups excluding carboxylic acids is 1. The van der Waals surface area contributed by atoms with E-state index in [0.29, 0.717) is 29.6 Å². The quantitative estimate of drug-likeness (QED) is 0.624. The first-order valence-corrected chi connectivity index (χ1v) is 10.3. The summed E-state index contributed by atoms with van der Waals surface area (Å²) in [6.45, 7) is 4.15. The van der Waals surface area contributed by atoms with Crippen LogP contribution in [0.4, 0.5) is 0 Å². The highest BCUT2D eigenvalue weighted by Crippen LogP contribution is 2.32. The Morgan fingerprint density at radius 2 is 2.03 bits per heavy atom. The van der Waals surface area contributed by atoms with Gasteiger partial charge in [-0.3, -0.25) is 9.36 Å². The predicted octanol–water partition coefficient (Wildman–Crippen LogP) is 3.46. The van der Waals surface area contributed by atoms with Crippen LogP contribution in [0.1, 0.15) is 47.5 Å². The summed E-state index contributed by atoms with van der Waals surface area (Å²) in [7, 11) is 0. The molecule has 1 atom stereocenters. The van der Waals surface area contributed by atoms with Gasteiger partial charge in [-0.2, -0.15) is 4.98 Å². The minimum atomic E-state index is -0.405. The Bertz CT molecular complexity index is 1120. The number of aryl methyl sites for hydroxylation is 2. The van der Waals surface area contributed by atoms with E-state index in [1.165, 1.54) is 4.57 Å². The standard InChI is InChI=1S/C22H23ClN4O3/c1-14-10-15(2)27(22(29)25-14)13-20(28)26-9-3-4-19(26)21-24-12-18(30-21)11-16-5-7-17(23)8-6-16/h5-8,10,12,19H,3-4,9,11,13H2,1-2H3/t19-/m0/s1. The van der Waals surface area contributed by atoms with Crippen molar-refractivity contribution in [3.8, 4) is 0 Å². The second kappa shape index (κ2) is 8.44. The number of aromatic nitrogens is 3. The third kappa shape index (κ3) is 4.31. The maximum Gasteiger partial charge on any atom is 0.348 e. The molecule has 0 saturated carbocycles. The monoisotopic (exact) mass is 426 g/mol. The predicted molar refractivity (Wildman–Crippen MR) is 112 cm³/mol. The van der Waals surface area contributed by atoms with Crippen molar-refractivity contribution in [2.24, 2.45) is 0 Å². The van der Waals surface area contributed by atoms with Gasteiger partial charge in [0, 0.05) is 29.4 Å². The average Bonchev–Trinajstić information content (AvgIpc) is 3.35. The van der Waals surface area contributed by atoms with E-state index in [1.54, 1.807) is 24.1 Å². The lowest BCUT2D eigenvalue weighted by atomic mass is 10.1. The number of amides is 1. The fourth-order valence-electron chi connectivity index (χ4n) is 3.88. The van der Waals surface area contributed by atoms with Gasteiger partial charge >= 0.3 is 5.69 Å². The Kier molecular flexibility index (Phi) is 5.72. The van der Waals surface area contributed by atoms with Crippen LogP contribution in [-0.2, 0) is 17.8 Å². The maximum absolute atomic E-state index is 13.0. The fourth-order valence-corrected chi connectivity index (χ4v) is 4.00. The summed E-state index contributed by atoms with van der Waals surface area (Å²) < 4.78 is 7.39. The molecule has 1 aromatic carbocycles. The molecular formula is C22H23ClN4O3. The lowest BCUT2D eigenvalue weighted by Gasteiger charge is -2.23. The highest BCUT2D eigenvalue weighted by molar-refractivity contribution is 6.30. The van der Waals surface area contributed by atoms with Crippen molar-refractivity contribution in [2.45, 2.75) is 45.7 Å². The SMILES string of the molecule is Cc1cc(C)n(CC(=O)N2CCC[C@H]2c2ncc(Cc3ccc(Cl)cc3)o2)c(=O)n1. The molecule has 4 rings (SSSR count). The average molecular weight is 427 g/mol. The molecule has 0 aliphatic carbocycles. The van der Waals surface area contributed by atoms with Gasteiger partial charge in [0.15, 0.2) is 0 Å².